The molecule has 1 aliphatic carbocycles. The third-order valence-electron chi connectivity index (χ3n) is 8.73. The number of benzene rings is 1. The highest BCUT2D eigenvalue weighted by Crippen LogP contribution is 2.42. The van der Waals surface area contributed by atoms with Gasteiger partial charge in [0.1, 0.15) is 23.5 Å². The number of hydrogen-bond acceptors (Lipinski definition) is 7. The molecule has 4 rings (SSSR count). The number of allylic oxidation sites excluding steroid dienone is 1. The second-order valence-electron chi connectivity index (χ2n) is 13.5. The first kappa shape index (κ1) is 32.0. The normalized spacial score (nSPS) is 27.8. The zero-order valence-electron chi connectivity index (χ0n) is 26.0. The Hall–Kier alpha value is -2.91. The van der Waals surface area contributed by atoms with E-state index < -0.39 is 65.7 Å². The highest BCUT2D eigenvalue weighted by molar-refractivity contribution is 5.95. The van der Waals surface area contributed by atoms with Gasteiger partial charge < -0.3 is 19.3 Å². The van der Waals surface area contributed by atoms with Crippen molar-refractivity contribution in [2.45, 2.75) is 128 Å². The average molecular weight is 585 g/mol. The SMILES string of the molecule is C=CCC(C(=O)N1C(=O)OC(c2ccccc2)C1C)C(O)C1OC(C)(C)N(C(=O)OC(C)(C)C)[C@@H]1CC1CCCCC1. The van der Waals surface area contributed by atoms with Gasteiger partial charge in [-0.3, -0.25) is 9.69 Å². The van der Waals surface area contributed by atoms with Crippen molar-refractivity contribution in [2.75, 3.05) is 0 Å². The van der Waals surface area contributed by atoms with Crippen LogP contribution in [0.2, 0.25) is 0 Å². The largest absolute Gasteiger partial charge is 0.444 e. The Morgan fingerprint density at radius 2 is 1.81 bits per heavy atom. The van der Waals surface area contributed by atoms with Crippen molar-refractivity contribution in [3.05, 3.63) is 48.6 Å². The number of aliphatic hydroxyl groups is 1. The maximum Gasteiger partial charge on any atom is 0.417 e. The molecular weight excluding hydrogens is 536 g/mol. The van der Waals surface area contributed by atoms with E-state index in [4.69, 9.17) is 14.2 Å². The highest BCUT2D eigenvalue weighted by Gasteiger charge is 2.56. The minimum Gasteiger partial charge on any atom is -0.444 e. The monoisotopic (exact) mass is 584 g/mol. The fourth-order valence-electron chi connectivity index (χ4n) is 6.80. The minimum absolute atomic E-state index is 0.120. The van der Waals surface area contributed by atoms with E-state index in [9.17, 15) is 19.5 Å². The van der Waals surface area contributed by atoms with E-state index in [1.54, 1.807) is 31.7 Å². The summed E-state index contributed by atoms with van der Waals surface area (Å²) in [4.78, 5) is 43.4. The summed E-state index contributed by atoms with van der Waals surface area (Å²) in [6.07, 6.45) is 3.75. The zero-order chi connectivity index (χ0) is 30.8. The molecule has 0 spiro atoms. The van der Waals surface area contributed by atoms with Gasteiger partial charge in [-0.2, -0.15) is 0 Å². The second-order valence-corrected chi connectivity index (χ2v) is 13.5. The molecule has 0 radical (unpaired) electrons. The van der Waals surface area contributed by atoms with Crippen LogP contribution in [0.1, 0.15) is 98.2 Å². The highest BCUT2D eigenvalue weighted by atomic mass is 16.6. The minimum atomic E-state index is -1.31. The number of carbonyl (C=O) groups is 3. The first-order chi connectivity index (χ1) is 19.7. The van der Waals surface area contributed by atoms with Gasteiger partial charge in [0.2, 0.25) is 5.91 Å². The molecule has 0 bridgehead atoms. The number of imide groups is 1. The lowest BCUT2D eigenvalue weighted by Crippen LogP contribution is -2.53. The second kappa shape index (κ2) is 12.8. The molecule has 3 fully saturated rings. The van der Waals surface area contributed by atoms with Gasteiger partial charge >= 0.3 is 12.2 Å². The molecule has 6 atom stereocenters. The van der Waals surface area contributed by atoms with Gasteiger partial charge in [-0.05, 0) is 65.9 Å². The quantitative estimate of drug-likeness (QED) is 0.355. The average Bonchev–Trinajstić information content (AvgIpc) is 3.37. The number of carbonyl (C=O) groups excluding carboxylic acids is 3. The summed E-state index contributed by atoms with van der Waals surface area (Å²) in [7, 11) is 0. The molecule has 1 aromatic rings. The van der Waals surface area contributed by atoms with Gasteiger partial charge in [-0.15, -0.1) is 6.58 Å². The van der Waals surface area contributed by atoms with Crippen LogP contribution >= 0.6 is 0 Å². The first-order valence-corrected chi connectivity index (χ1v) is 15.3. The van der Waals surface area contributed by atoms with Crippen molar-refractivity contribution < 1.29 is 33.7 Å². The van der Waals surface area contributed by atoms with Crippen molar-refractivity contribution in [1.82, 2.24) is 9.80 Å². The van der Waals surface area contributed by atoms with E-state index in [2.05, 4.69) is 6.58 Å². The number of aliphatic hydroxyl groups excluding tert-OH is 1. The Bertz CT molecular complexity index is 1120. The molecule has 5 unspecified atom stereocenters. The van der Waals surface area contributed by atoms with Crippen LogP contribution in [-0.4, -0.2) is 68.6 Å². The third-order valence-corrected chi connectivity index (χ3v) is 8.73. The van der Waals surface area contributed by atoms with Gasteiger partial charge in [-0.1, -0.05) is 68.5 Å². The molecule has 3 amide bonds. The fourth-order valence-corrected chi connectivity index (χ4v) is 6.80. The van der Waals surface area contributed by atoms with Crippen LogP contribution in [0.25, 0.3) is 0 Å². The van der Waals surface area contributed by atoms with Gasteiger partial charge in [0.05, 0.1) is 24.1 Å². The lowest BCUT2D eigenvalue weighted by Gasteiger charge is -2.37. The van der Waals surface area contributed by atoms with Crippen LogP contribution in [0, 0.1) is 11.8 Å². The predicted octanol–water partition coefficient (Wildman–Crippen LogP) is 6.36. The molecule has 3 aliphatic rings. The Labute approximate surface area is 250 Å². The van der Waals surface area contributed by atoms with Gasteiger partial charge in [0, 0.05) is 0 Å². The van der Waals surface area contributed by atoms with Crippen LogP contribution in [0.4, 0.5) is 9.59 Å². The lowest BCUT2D eigenvalue weighted by molar-refractivity contribution is -0.146. The molecule has 9 heteroatoms. The standard InChI is InChI=1S/C33H48N2O7/c1-8-15-24(29(37)34-21(2)27(40-30(34)38)23-18-13-10-14-19-23)26(36)28-25(20-22-16-11-9-12-17-22)35(33(6,7)41-28)31(39)42-32(3,4)5/h8,10,13-14,18-19,21-22,24-28,36H,1,9,11-12,15-17,20H2,2-7H3/t21?,24?,25-,26?,27?,28?/m1/s1. The summed E-state index contributed by atoms with van der Waals surface area (Å²) in [5.41, 5.74) is -1.02. The van der Waals surface area contributed by atoms with Gasteiger partial charge in [0.15, 0.2) is 0 Å². The Morgan fingerprint density at radius 3 is 2.40 bits per heavy atom. The summed E-state index contributed by atoms with van der Waals surface area (Å²) in [6, 6.07) is 8.19. The Kier molecular flexibility index (Phi) is 9.72. The summed E-state index contributed by atoms with van der Waals surface area (Å²) in [5, 5.41) is 11.9. The van der Waals surface area contributed by atoms with Crippen molar-refractivity contribution in [1.29, 1.82) is 0 Å². The zero-order valence-corrected chi connectivity index (χ0v) is 26.0. The summed E-state index contributed by atoms with van der Waals surface area (Å²) in [6.45, 7) is 14.6. The predicted molar refractivity (Wildman–Crippen MR) is 158 cm³/mol. The number of hydrogen-bond donors (Lipinski definition) is 1. The molecule has 1 N–H and O–H groups in total. The van der Waals surface area contributed by atoms with E-state index in [0.717, 1.165) is 36.1 Å². The molecule has 2 saturated heterocycles. The molecule has 0 aromatic heterocycles. The number of ether oxygens (including phenoxy) is 3. The van der Waals surface area contributed by atoms with E-state index in [1.807, 2.05) is 51.1 Å². The molecule has 9 nitrogen and oxygen atoms in total. The van der Waals surface area contributed by atoms with Crippen LogP contribution in [-0.2, 0) is 19.0 Å². The number of nitrogens with zero attached hydrogens (tertiary/aromatic N) is 2. The van der Waals surface area contributed by atoms with Crippen molar-refractivity contribution in [3.63, 3.8) is 0 Å². The van der Waals surface area contributed by atoms with Crippen molar-refractivity contribution in [2.24, 2.45) is 11.8 Å². The summed E-state index contributed by atoms with van der Waals surface area (Å²) < 4.78 is 17.9. The molecule has 2 heterocycles. The molecule has 232 valence electrons. The Morgan fingerprint density at radius 1 is 1.17 bits per heavy atom. The molecule has 1 aromatic carbocycles. The Balaban J connectivity index is 1.63. The summed E-state index contributed by atoms with van der Waals surface area (Å²) in [5.74, 6) is -1.22. The third kappa shape index (κ3) is 6.83. The van der Waals surface area contributed by atoms with E-state index >= 15 is 0 Å². The lowest BCUT2D eigenvalue weighted by atomic mass is 9.81. The first-order valence-electron chi connectivity index (χ1n) is 15.3. The maximum atomic E-state index is 14.0. The van der Waals surface area contributed by atoms with Crippen LogP contribution < -0.4 is 0 Å². The number of cyclic esters (lactones) is 1. The van der Waals surface area contributed by atoms with Gasteiger partial charge in [0.25, 0.3) is 0 Å². The number of rotatable bonds is 8. The van der Waals surface area contributed by atoms with E-state index in [1.165, 1.54) is 6.42 Å². The fraction of sp³-hybridized carbons (Fsp3) is 0.667. The van der Waals surface area contributed by atoms with Gasteiger partial charge in [-0.25, -0.2) is 14.5 Å². The molecular formula is C33H48N2O7. The maximum absolute atomic E-state index is 14.0. The molecule has 42 heavy (non-hydrogen) atoms. The van der Waals surface area contributed by atoms with Crippen LogP contribution in [0.3, 0.4) is 0 Å². The van der Waals surface area contributed by atoms with Crippen molar-refractivity contribution >= 4 is 18.1 Å². The van der Waals surface area contributed by atoms with E-state index in [0.29, 0.717) is 12.3 Å². The van der Waals surface area contributed by atoms with Crippen molar-refractivity contribution in [3.8, 4) is 0 Å². The van der Waals surface area contributed by atoms with Crippen LogP contribution in [0.15, 0.2) is 43.0 Å². The topological polar surface area (TPSA) is 106 Å². The number of amides is 3. The van der Waals surface area contributed by atoms with Crippen LogP contribution in [0.5, 0.6) is 0 Å². The van der Waals surface area contributed by atoms with E-state index in [-0.39, 0.29) is 6.42 Å². The summed E-state index contributed by atoms with van der Waals surface area (Å²) >= 11 is 0. The smallest absolute Gasteiger partial charge is 0.417 e. The molecule has 1 saturated carbocycles. The molecule has 2 aliphatic heterocycles.